The Balaban J connectivity index is 3.80. The Morgan fingerprint density at radius 3 is 2.25 bits per heavy atom. The highest BCUT2D eigenvalue weighted by molar-refractivity contribution is 5.86. The van der Waals surface area contributed by atoms with Gasteiger partial charge in [0.2, 0.25) is 5.91 Å². The van der Waals surface area contributed by atoms with Gasteiger partial charge in [-0.1, -0.05) is 13.3 Å². The summed E-state index contributed by atoms with van der Waals surface area (Å²) in [5.41, 5.74) is 0. The zero-order valence-corrected chi connectivity index (χ0v) is 10.6. The smallest absolute Gasteiger partial charge is 0.315 e. The van der Waals surface area contributed by atoms with Gasteiger partial charge < -0.3 is 16.0 Å². The van der Waals surface area contributed by atoms with E-state index in [2.05, 4.69) is 22.9 Å². The third kappa shape index (κ3) is 7.09. The lowest BCUT2D eigenvalue weighted by Crippen LogP contribution is -2.49. The fourth-order valence-corrected chi connectivity index (χ4v) is 1.10. The molecule has 1 atom stereocenters. The van der Waals surface area contributed by atoms with Gasteiger partial charge in [0, 0.05) is 12.6 Å². The first-order valence-electron chi connectivity index (χ1n) is 5.82. The molecule has 3 amide bonds. The van der Waals surface area contributed by atoms with Gasteiger partial charge in [-0.15, -0.1) is 0 Å². The molecule has 0 aliphatic rings. The standard InChI is InChI=1S/C11H23N3O2/c1-5-6-7-12-11(16)14-9(4)10(15)13-8(2)3/h8-9H,5-7H2,1-4H3,(H,13,15)(H2,12,14,16). The van der Waals surface area contributed by atoms with E-state index in [4.69, 9.17) is 0 Å². The van der Waals surface area contributed by atoms with Crippen LogP contribution >= 0.6 is 0 Å². The zero-order chi connectivity index (χ0) is 12.6. The van der Waals surface area contributed by atoms with Crippen molar-refractivity contribution in [1.82, 2.24) is 16.0 Å². The second kappa shape index (κ2) is 7.96. The topological polar surface area (TPSA) is 70.2 Å². The van der Waals surface area contributed by atoms with Crippen LogP contribution in [0.4, 0.5) is 4.79 Å². The lowest BCUT2D eigenvalue weighted by atomic mass is 10.3. The lowest BCUT2D eigenvalue weighted by molar-refractivity contribution is -0.123. The fraction of sp³-hybridized carbons (Fsp3) is 0.818. The molecule has 0 bridgehead atoms. The Kier molecular flexibility index (Phi) is 7.33. The third-order valence-corrected chi connectivity index (χ3v) is 1.99. The van der Waals surface area contributed by atoms with Gasteiger partial charge in [0.15, 0.2) is 0 Å². The summed E-state index contributed by atoms with van der Waals surface area (Å²) in [5, 5.41) is 8.01. The van der Waals surface area contributed by atoms with Crippen LogP contribution in [0.25, 0.3) is 0 Å². The van der Waals surface area contributed by atoms with Crippen molar-refractivity contribution in [3.05, 3.63) is 0 Å². The van der Waals surface area contributed by atoms with Crippen LogP contribution in [0, 0.1) is 0 Å². The molecule has 0 heterocycles. The van der Waals surface area contributed by atoms with Crippen LogP contribution in [0.5, 0.6) is 0 Å². The minimum atomic E-state index is -0.510. The van der Waals surface area contributed by atoms with Gasteiger partial charge in [-0.2, -0.15) is 0 Å². The molecular weight excluding hydrogens is 206 g/mol. The Morgan fingerprint density at radius 1 is 1.12 bits per heavy atom. The molecule has 5 heteroatoms. The highest BCUT2D eigenvalue weighted by Crippen LogP contribution is 1.86. The minimum Gasteiger partial charge on any atom is -0.352 e. The van der Waals surface area contributed by atoms with Crippen LogP contribution in [0.15, 0.2) is 0 Å². The van der Waals surface area contributed by atoms with Gasteiger partial charge >= 0.3 is 6.03 Å². The zero-order valence-electron chi connectivity index (χ0n) is 10.6. The second-order valence-corrected chi connectivity index (χ2v) is 4.14. The number of hydrogen-bond acceptors (Lipinski definition) is 2. The summed E-state index contributed by atoms with van der Waals surface area (Å²) >= 11 is 0. The lowest BCUT2D eigenvalue weighted by Gasteiger charge is -2.16. The number of rotatable bonds is 6. The molecule has 0 spiro atoms. The quantitative estimate of drug-likeness (QED) is 0.595. The molecule has 0 fully saturated rings. The van der Waals surface area contributed by atoms with Gasteiger partial charge in [0.1, 0.15) is 6.04 Å². The minimum absolute atomic E-state index is 0.0832. The van der Waals surface area contributed by atoms with Crippen molar-refractivity contribution < 1.29 is 9.59 Å². The first-order valence-corrected chi connectivity index (χ1v) is 5.82. The largest absolute Gasteiger partial charge is 0.352 e. The van der Waals surface area contributed by atoms with Gasteiger partial charge in [0.05, 0.1) is 0 Å². The molecule has 0 aliphatic heterocycles. The number of unbranched alkanes of at least 4 members (excludes halogenated alkanes) is 1. The highest BCUT2D eigenvalue weighted by Gasteiger charge is 2.15. The number of nitrogens with one attached hydrogen (secondary N) is 3. The average Bonchev–Trinajstić information content (AvgIpc) is 2.16. The van der Waals surface area contributed by atoms with E-state index in [0.29, 0.717) is 6.54 Å². The van der Waals surface area contributed by atoms with Crippen LogP contribution in [0.3, 0.4) is 0 Å². The van der Waals surface area contributed by atoms with Crippen LogP contribution in [-0.2, 0) is 4.79 Å². The molecule has 0 aromatic heterocycles. The summed E-state index contributed by atoms with van der Waals surface area (Å²) < 4.78 is 0. The van der Waals surface area contributed by atoms with Crippen molar-refractivity contribution in [1.29, 1.82) is 0 Å². The van der Waals surface area contributed by atoms with Gasteiger partial charge in [-0.05, 0) is 27.2 Å². The molecule has 0 rings (SSSR count). The molecule has 0 aromatic rings. The van der Waals surface area contributed by atoms with Crippen molar-refractivity contribution in [2.75, 3.05) is 6.54 Å². The molecule has 0 saturated carbocycles. The molecule has 94 valence electrons. The van der Waals surface area contributed by atoms with E-state index in [1.165, 1.54) is 0 Å². The van der Waals surface area contributed by atoms with Gasteiger partial charge in [0.25, 0.3) is 0 Å². The maximum absolute atomic E-state index is 11.5. The average molecular weight is 229 g/mol. The highest BCUT2D eigenvalue weighted by atomic mass is 16.2. The molecule has 0 aromatic carbocycles. The molecule has 5 nitrogen and oxygen atoms in total. The first-order chi connectivity index (χ1) is 7.47. The molecule has 0 radical (unpaired) electrons. The van der Waals surface area contributed by atoms with Crippen molar-refractivity contribution >= 4 is 11.9 Å². The van der Waals surface area contributed by atoms with Gasteiger partial charge in [-0.3, -0.25) is 4.79 Å². The van der Waals surface area contributed by atoms with Crippen LogP contribution in [0.2, 0.25) is 0 Å². The Bertz CT molecular complexity index is 229. The molecule has 0 aliphatic carbocycles. The molecule has 0 saturated heterocycles. The van der Waals surface area contributed by atoms with E-state index in [1.807, 2.05) is 13.8 Å². The molecule has 3 N–H and O–H groups in total. The summed E-state index contributed by atoms with van der Waals surface area (Å²) in [6, 6.07) is -0.719. The number of carbonyl (C=O) groups excluding carboxylic acids is 2. The van der Waals surface area contributed by atoms with Crippen LogP contribution in [-0.4, -0.2) is 30.6 Å². The first kappa shape index (κ1) is 14.7. The van der Waals surface area contributed by atoms with Crippen molar-refractivity contribution in [3.63, 3.8) is 0 Å². The maximum Gasteiger partial charge on any atom is 0.315 e. The predicted octanol–water partition coefficient (Wildman–Crippen LogP) is 0.999. The van der Waals surface area contributed by atoms with Crippen molar-refractivity contribution in [2.24, 2.45) is 0 Å². The Morgan fingerprint density at radius 2 is 1.75 bits per heavy atom. The van der Waals surface area contributed by atoms with Gasteiger partial charge in [-0.25, -0.2) is 4.79 Å². The summed E-state index contributed by atoms with van der Waals surface area (Å²) in [5.74, 6) is -0.166. The van der Waals surface area contributed by atoms with E-state index in [1.54, 1.807) is 6.92 Å². The van der Waals surface area contributed by atoms with Crippen molar-refractivity contribution in [2.45, 2.75) is 52.6 Å². The Labute approximate surface area is 97.4 Å². The summed E-state index contributed by atoms with van der Waals surface area (Å²) in [7, 11) is 0. The van der Waals surface area contributed by atoms with E-state index in [0.717, 1.165) is 12.8 Å². The third-order valence-electron chi connectivity index (χ3n) is 1.99. The Hall–Kier alpha value is -1.26. The number of urea groups is 1. The van der Waals surface area contributed by atoms with Crippen molar-refractivity contribution in [3.8, 4) is 0 Å². The van der Waals surface area contributed by atoms with E-state index >= 15 is 0 Å². The predicted molar refractivity (Wildman–Crippen MR) is 64.2 cm³/mol. The number of amides is 3. The second-order valence-electron chi connectivity index (χ2n) is 4.14. The monoisotopic (exact) mass is 229 g/mol. The van der Waals surface area contributed by atoms with E-state index < -0.39 is 6.04 Å². The molecule has 1 unspecified atom stereocenters. The summed E-state index contributed by atoms with van der Waals surface area (Å²) in [4.78, 5) is 22.8. The molecule has 16 heavy (non-hydrogen) atoms. The summed E-state index contributed by atoms with van der Waals surface area (Å²) in [6.07, 6.45) is 1.98. The molecular formula is C11H23N3O2. The van der Waals surface area contributed by atoms with Crippen LogP contribution in [0.1, 0.15) is 40.5 Å². The SMILES string of the molecule is CCCCNC(=O)NC(C)C(=O)NC(C)C. The normalized spacial score (nSPS) is 12.1. The fourth-order valence-electron chi connectivity index (χ4n) is 1.10. The van der Waals surface area contributed by atoms with E-state index in [-0.39, 0.29) is 18.0 Å². The number of carbonyl (C=O) groups is 2. The number of hydrogen-bond donors (Lipinski definition) is 3. The maximum atomic E-state index is 11.5. The summed E-state index contributed by atoms with van der Waals surface area (Å²) in [6.45, 7) is 8.12. The van der Waals surface area contributed by atoms with E-state index in [9.17, 15) is 9.59 Å². The van der Waals surface area contributed by atoms with Crippen LogP contribution < -0.4 is 16.0 Å².